The van der Waals surface area contributed by atoms with Gasteiger partial charge in [0, 0.05) is 0 Å². The summed E-state index contributed by atoms with van der Waals surface area (Å²) in [6.07, 6.45) is 2.65. The highest BCUT2D eigenvalue weighted by molar-refractivity contribution is 5.84. The minimum Gasteiger partial charge on any atom is -0.455 e. The minimum atomic E-state index is -1.51. The van der Waals surface area contributed by atoms with E-state index in [-0.39, 0.29) is 12.8 Å². The van der Waals surface area contributed by atoms with Gasteiger partial charge in [-0.05, 0) is 52.7 Å². The lowest BCUT2D eigenvalue weighted by Crippen LogP contribution is -2.85. The van der Waals surface area contributed by atoms with E-state index in [1.165, 1.54) is 12.2 Å². The normalized spacial score (nSPS) is 35.7. The van der Waals surface area contributed by atoms with E-state index in [2.05, 4.69) is 13.2 Å². The summed E-state index contributed by atoms with van der Waals surface area (Å²) in [5.74, 6) is -3.31. The van der Waals surface area contributed by atoms with Gasteiger partial charge in [0.2, 0.25) is 0 Å². The lowest BCUT2D eigenvalue weighted by Gasteiger charge is -2.63. The highest BCUT2D eigenvalue weighted by Crippen LogP contribution is 2.60. The first-order chi connectivity index (χ1) is 12.0. The molecular formula is C18H24O8. The van der Waals surface area contributed by atoms with Gasteiger partial charge >= 0.3 is 17.7 Å². The Morgan fingerprint density at radius 1 is 1.04 bits per heavy atom. The molecule has 0 amide bonds. The molecule has 0 bridgehead atoms. The van der Waals surface area contributed by atoms with Crippen LogP contribution >= 0.6 is 0 Å². The zero-order valence-corrected chi connectivity index (χ0v) is 15.4. The smallest absolute Gasteiger partial charge is 0.348 e. The lowest BCUT2D eigenvalue weighted by molar-refractivity contribution is -0.736. The molecule has 8 nitrogen and oxygen atoms in total. The van der Waals surface area contributed by atoms with Crippen LogP contribution in [0.1, 0.15) is 40.5 Å². The summed E-state index contributed by atoms with van der Waals surface area (Å²) in [7, 11) is 0. The SMILES string of the molecule is C=CC(C)(C)OC(=O)C1CCC2(C(=O)OC(C)(C)C=C)OOC23OOC13. The molecule has 1 spiro atoms. The summed E-state index contributed by atoms with van der Waals surface area (Å²) < 4.78 is 10.9. The summed E-state index contributed by atoms with van der Waals surface area (Å²) in [5.41, 5.74) is -3.20. The van der Waals surface area contributed by atoms with Gasteiger partial charge in [0.15, 0.2) is 6.10 Å². The lowest BCUT2D eigenvalue weighted by atomic mass is 9.69. The summed E-state index contributed by atoms with van der Waals surface area (Å²) in [4.78, 5) is 45.8. The minimum absolute atomic E-state index is 0.160. The molecule has 4 unspecified atom stereocenters. The van der Waals surface area contributed by atoms with Crippen molar-refractivity contribution in [2.24, 2.45) is 5.92 Å². The van der Waals surface area contributed by atoms with Crippen molar-refractivity contribution in [3.8, 4) is 0 Å². The second-order valence-corrected chi connectivity index (χ2v) is 7.83. The number of ether oxygens (including phenoxy) is 2. The van der Waals surface area contributed by atoms with Crippen LogP contribution in [0.5, 0.6) is 0 Å². The van der Waals surface area contributed by atoms with Crippen LogP contribution in [0, 0.1) is 5.92 Å². The van der Waals surface area contributed by atoms with Gasteiger partial charge in [-0.25, -0.2) is 14.6 Å². The zero-order chi connectivity index (χ0) is 19.4. The Bertz CT molecular complexity index is 650. The van der Waals surface area contributed by atoms with Crippen molar-refractivity contribution >= 4 is 11.9 Å². The molecule has 3 aliphatic rings. The van der Waals surface area contributed by atoms with Gasteiger partial charge in [-0.1, -0.05) is 13.2 Å². The average Bonchev–Trinajstić information content (AvgIpc) is 2.50. The van der Waals surface area contributed by atoms with Crippen LogP contribution in [0.2, 0.25) is 0 Å². The van der Waals surface area contributed by atoms with Gasteiger partial charge in [-0.2, -0.15) is 9.78 Å². The maximum Gasteiger partial charge on any atom is 0.348 e. The van der Waals surface area contributed by atoms with E-state index < -0.39 is 46.6 Å². The Kier molecular flexibility index (Phi) is 4.31. The third-order valence-corrected chi connectivity index (χ3v) is 5.03. The van der Waals surface area contributed by atoms with Crippen molar-refractivity contribution in [3.05, 3.63) is 25.3 Å². The van der Waals surface area contributed by atoms with Crippen molar-refractivity contribution in [3.63, 3.8) is 0 Å². The van der Waals surface area contributed by atoms with Crippen molar-refractivity contribution < 1.29 is 38.6 Å². The van der Waals surface area contributed by atoms with Gasteiger partial charge in [0.1, 0.15) is 11.2 Å². The quantitative estimate of drug-likeness (QED) is 0.400. The summed E-state index contributed by atoms with van der Waals surface area (Å²) in [5, 5.41) is 0. The summed E-state index contributed by atoms with van der Waals surface area (Å²) in [6.45, 7) is 14.1. The van der Waals surface area contributed by atoms with E-state index in [0.717, 1.165) is 0 Å². The predicted molar refractivity (Wildman–Crippen MR) is 87.1 cm³/mol. The Hall–Kier alpha value is -1.74. The Morgan fingerprint density at radius 2 is 1.65 bits per heavy atom. The third kappa shape index (κ3) is 2.60. The zero-order valence-electron chi connectivity index (χ0n) is 15.4. The van der Waals surface area contributed by atoms with E-state index >= 15 is 0 Å². The molecule has 4 atom stereocenters. The molecule has 8 heteroatoms. The number of carbonyl (C=O) groups excluding carboxylic acids is 2. The molecule has 2 saturated heterocycles. The molecule has 2 heterocycles. The maximum atomic E-state index is 12.8. The summed E-state index contributed by atoms with van der Waals surface area (Å²) >= 11 is 0. The third-order valence-electron chi connectivity index (χ3n) is 5.03. The van der Waals surface area contributed by atoms with Crippen LogP contribution in [0.15, 0.2) is 25.3 Å². The van der Waals surface area contributed by atoms with Gasteiger partial charge in [-0.3, -0.25) is 4.79 Å². The van der Waals surface area contributed by atoms with Gasteiger partial charge < -0.3 is 9.47 Å². The predicted octanol–water partition coefficient (Wildman–Crippen LogP) is 2.14. The number of hydrogen-bond acceptors (Lipinski definition) is 8. The van der Waals surface area contributed by atoms with Gasteiger partial charge in [0.25, 0.3) is 5.60 Å². The molecule has 1 aliphatic carbocycles. The molecule has 0 aromatic carbocycles. The van der Waals surface area contributed by atoms with Crippen molar-refractivity contribution in [2.75, 3.05) is 0 Å². The largest absolute Gasteiger partial charge is 0.455 e. The first-order valence-corrected chi connectivity index (χ1v) is 8.47. The van der Waals surface area contributed by atoms with Crippen molar-refractivity contribution in [1.29, 1.82) is 0 Å². The topological polar surface area (TPSA) is 89.5 Å². The fourth-order valence-corrected chi connectivity index (χ4v) is 3.09. The molecule has 0 aromatic heterocycles. The van der Waals surface area contributed by atoms with E-state index in [1.54, 1.807) is 27.7 Å². The molecule has 3 fully saturated rings. The number of carbonyl (C=O) groups is 2. The molecule has 0 N–H and O–H groups in total. The first kappa shape index (κ1) is 19.0. The van der Waals surface area contributed by atoms with E-state index in [4.69, 9.17) is 29.0 Å². The van der Waals surface area contributed by atoms with Gasteiger partial charge in [0.05, 0.1) is 5.92 Å². The molecule has 3 rings (SSSR count). The fraction of sp³-hybridized carbons (Fsp3) is 0.667. The summed E-state index contributed by atoms with van der Waals surface area (Å²) in [6, 6.07) is 0. The van der Waals surface area contributed by atoms with Crippen LogP contribution in [0.3, 0.4) is 0 Å². The standard InChI is InChI=1S/C18H24O8/c1-7-15(3,4)21-13(19)11-9-10-17(14(20)22-16(5,6)8-2)18(26-24-17)12(11)23-25-18/h7-8,11-12H,1-2,9-10H2,3-6H3. The average molecular weight is 368 g/mol. The Morgan fingerprint density at radius 3 is 2.12 bits per heavy atom. The van der Waals surface area contributed by atoms with Crippen LogP contribution in [0.25, 0.3) is 0 Å². The molecule has 0 aromatic rings. The van der Waals surface area contributed by atoms with E-state index in [1.807, 2.05) is 0 Å². The molecule has 144 valence electrons. The number of esters is 2. The van der Waals surface area contributed by atoms with Crippen molar-refractivity contribution in [1.82, 2.24) is 0 Å². The van der Waals surface area contributed by atoms with Crippen LogP contribution in [-0.4, -0.2) is 40.6 Å². The molecule has 26 heavy (non-hydrogen) atoms. The number of rotatable bonds is 6. The van der Waals surface area contributed by atoms with Crippen LogP contribution < -0.4 is 0 Å². The van der Waals surface area contributed by atoms with Crippen molar-refractivity contribution in [2.45, 2.75) is 69.2 Å². The molecule has 1 saturated carbocycles. The fourth-order valence-electron chi connectivity index (χ4n) is 3.09. The maximum absolute atomic E-state index is 12.8. The van der Waals surface area contributed by atoms with Crippen LogP contribution in [-0.2, 0) is 38.6 Å². The van der Waals surface area contributed by atoms with E-state index in [9.17, 15) is 9.59 Å². The van der Waals surface area contributed by atoms with Gasteiger partial charge in [-0.15, -0.1) is 0 Å². The second-order valence-electron chi connectivity index (χ2n) is 7.83. The molecular weight excluding hydrogens is 344 g/mol. The highest BCUT2D eigenvalue weighted by atomic mass is 17.4. The molecule has 2 aliphatic heterocycles. The first-order valence-electron chi connectivity index (χ1n) is 8.47. The molecule has 0 radical (unpaired) electrons. The van der Waals surface area contributed by atoms with E-state index in [0.29, 0.717) is 0 Å². The van der Waals surface area contributed by atoms with Crippen LogP contribution in [0.4, 0.5) is 0 Å². The second kappa shape index (κ2) is 5.88. The monoisotopic (exact) mass is 368 g/mol. The Balaban J connectivity index is 1.78. The Labute approximate surface area is 151 Å². The number of hydrogen-bond donors (Lipinski definition) is 0. The highest BCUT2D eigenvalue weighted by Gasteiger charge is 2.84.